The Kier molecular flexibility index (Phi) is 4.34. The van der Waals surface area contributed by atoms with E-state index in [4.69, 9.17) is 27.9 Å². The summed E-state index contributed by atoms with van der Waals surface area (Å²) in [6, 6.07) is 6.09. The van der Waals surface area contributed by atoms with Gasteiger partial charge in [-0.15, -0.1) is 0 Å². The van der Waals surface area contributed by atoms with Gasteiger partial charge in [-0.05, 0) is 19.1 Å². The second-order valence-corrected chi connectivity index (χ2v) is 6.43. The number of fused-ring (bicyclic) bond motifs is 1. The Hall–Kier alpha value is -1.96. The molecule has 0 fully saturated rings. The van der Waals surface area contributed by atoms with E-state index in [9.17, 15) is 9.59 Å². The molecule has 0 aliphatic heterocycles. The van der Waals surface area contributed by atoms with Crippen LogP contribution in [0.4, 0.5) is 0 Å². The van der Waals surface area contributed by atoms with E-state index >= 15 is 0 Å². The molecule has 2 heterocycles. The minimum Gasteiger partial charge on any atom is -0.455 e. The molecule has 0 N–H and O–H groups in total. The van der Waals surface area contributed by atoms with E-state index in [1.165, 1.54) is 28.0 Å². The van der Waals surface area contributed by atoms with Crippen molar-refractivity contribution in [3.8, 4) is 0 Å². The molecule has 118 valence electrons. The van der Waals surface area contributed by atoms with Gasteiger partial charge in [0.25, 0.3) is 5.56 Å². The van der Waals surface area contributed by atoms with Crippen molar-refractivity contribution in [2.75, 3.05) is 0 Å². The summed E-state index contributed by atoms with van der Waals surface area (Å²) in [6.45, 7) is 1.64. The van der Waals surface area contributed by atoms with E-state index in [1.54, 1.807) is 19.1 Å². The summed E-state index contributed by atoms with van der Waals surface area (Å²) in [4.78, 5) is 28.5. The van der Waals surface area contributed by atoms with Crippen molar-refractivity contribution < 1.29 is 9.53 Å². The molecule has 0 aliphatic carbocycles. The van der Waals surface area contributed by atoms with Gasteiger partial charge < -0.3 is 4.74 Å². The first-order valence-corrected chi connectivity index (χ1v) is 8.00. The average Bonchev–Trinajstić information content (AvgIpc) is 2.91. The number of ether oxygens (including phenoxy) is 1. The summed E-state index contributed by atoms with van der Waals surface area (Å²) in [5, 5.41) is 4.94. The van der Waals surface area contributed by atoms with Crippen LogP contribution in [0.1, 0.15) is 21.1 Å². The van der Waals surface area contributed by atoms with Crippen molar-refractivity contribution in [3.63, 3.8) is 0 Å². The Labute approximate surface area is 144 Å². The second kappa shape index (κ2) is 6.27. The zero-order valence-electron chi connectivity index (χ0n) is 11.7. The molecule has 3 rings (SSSR count). The van der Waals surface area contributed by atoms with Crippen LogP contribution in [-0.2, 0) is 11.3 Å². The number of aromatic nitrogens is 3. The largest absolute Gasteiger partial charge is 0.455 e. The molecular weight excluding hydrogens is 361 g/mol. The number of carbonyl (C=O) groups is 1. The first kappa shape index (κ1) is 15.9. The van der Waals surface area contributed by atoms with Crippen molar-refractivity contribution >= 4 is 45.5 Å². The van der Waals surface area contributed by atoms with Crippen molar-refractivity contribution in [2.24, 2.45) is 0 Å². The molecule has 0 aliphatic rings. The van der Waals surface area contributed by atoms with E-state index in [-0.39, 0.29) is 27.8 Å². The summed E-state index contributed by atoms with van der Waals surface area (Å²) in [5.74, 6) is -0.617. The lowest BCUT2D eigenvalue weighted by Crippen LogP contribution is -2.14. The van der Waals surface area contributed by atoms with Crippen LogP contribution >= 0.6 is 34.5 Å². The lowest BCUT2D eigenvalue weighted by Gasteiger charge is -2.05. The summed E-state index contributed by atoms with van der Waals surface area (Å²) < 4.78 is 6.35. The number of aryl methyl sites for hydroxylation is 1. The number of benzene rings is 1. The highest BCUT2D eigenvalue weighted by Crippen LogP contribution is 2.26. The number of carbonyl (C=O) groups excluding carboxylic acids is 1. The maximum Gasteiger partial charge on any atom is 0.340 e. The Morgan fingerprint density at radius 1 is 1.39 bits per heavy atom. The maximum absolute atomic E-state index is 12.1. The van der Waals surface area contributed by atoms with Crippen molar-refractivity contribution in [1.82, 2.24) is 14.6 Å². The smallest absolute Gasteiger partial charge is 0.340 e. The lowest BCUT2D eigenvalue weighted by molar-refractivity contribution is 0.0471. The van der Waals surface area contributed by atoms with Crippen LogP contribution in [0.5, 0.6) is 0 Å². The number of esters is 1. The fraction of sp³-hybridized carbons (Fsp3) is 0.143. The third-order valence-corrected chi connectivity index (χ3v) is 4.61. The predicted molar refractivity (Wildman–Crippen MR) is 87.5 cm³/mol. The fourth-order valence-electron chi connectivity index (χ4n) is 1.88. The minimum atomic E-state index is -0.617. The zero-order chi connectivity index (χ0) is 16.6. The van der Waals surface area contributed by atoms with Gasteiger partial charge >= 0.3 is 5.97 Å². The monoisotopic (exact) mass is 369 g/mol. The van der Waals surface area contributed by atoms with Gasteiger partial charge in [0, 0.05) is 11.8 Å². The fourth-order valence-corrected chi connectivity index (χ4v) is 3.12. The lowest BCUT2D eigenvalue weighted by atomic mass is 10.2. The highest BCUT2D eigenvalue weighted by Gasteiger charge is 2.15. The summed E-state index contributed by atoms with van der Waals surface area (Å²) in [7, 11) is 0. The molecule has 0 atom stereocenters. The summed E-state index contributed by atoms with van der Waals surface area (Å²) in [5.41, 5.74) is 0.499. The first-order chi connectivity index (χ1) is 11.0. The van der Waals surface area contributed by atoms with Crippen molar-refractivity contribution in [3.05, 3.63) is 60.9 Å². The molecule has 0 amide bonds. The van der Waals surface area contributed by atoms with Gasteiger partial charge in [0.1, 0.15) is 6.61 Å². The van der Waals surface area contributed by atoms with Crippen LogP contribution in [0, 0.1) is 6.92 Å². The van der Waals surface area contributed by atoms with Crippen LogP contribution in [0.2, 0.25) is 10.0 Å². The van der Waals surface area contributed by atoms with Gasteiger partial charge in [-0.1, -0.05) is 40.6 Å². The van der Waals surface area contributed by atoms with Gasteiger partial charge in [0.05, 0.1) is 15.6 Å². The molecule has 23 heavy (non-hydrogen) atoms. The van der Waals surface area contributed by atoms with E-state index in [0.29, 0.717) is 15.7 Å². The predicted octanol–water partition coefficient (Wildman–Crippen LogP) is 3.12. The van der Waals surface area contributed by atoms with E-state index < -0.39 is 5.97 Å². The molecule has 1 aromatic carbocycles. The van der Waals surface area contributed by atoms with Crippen molar-refractivity contribution in [1.29, 1.82) is 0 Å². The molecule has 9 heteroatoms. The molecule has 6 nitrogen and oxygen atoms in total. The highest BCUT2D eigenvalue weighted by molar-refractivity contribution is 7.16. The van der Waals surface area contributed by atoms with Gasteiger partial charge in [-0.2, -0.15) is 9.61 Å². The molecule has 0 radical (unpaired) electrons. The molecule has 0 saturated heterocycles. The van der Waals surface area contributed by atoms with Gasteiger partial charge in [-0.3, -0.25) is 4.79 Å². The molecular formula is C14H9Cl2N3O3S. The van der Waals surface area contributed by atoms with Gasteiger partial charge in [0.2, 0.25) is 4.96 Å². The normalized spacial score (nSPS) is 10.9. The third kappa shape index (κ3) is 3.21. The van der Waals surface area contributed by atoms with Crippen LogP contribution < -0.4 is 5.56 Å². The van der Waals surface area contributed by atoms with Gasteiger partial charge in [-0.25, -0.2) is 9.78 Å². The second-order valence-electron chi connectivity index (χ2n) is 4.60. The molecule has 0 bridgehead atoms. The topological polar surface area (TPSA) is 73.6 Å². The van der Waals surface area contributed by atoms with E-state index in [0.717, 1.165) is 0 Å². The Morgan fingerprint density at radius 2 is 2.17 bits per heavy atom. The molecule has 0 spiro atoms. The zero-order valence-corrected chi connectivity index (χ0v) is 14.1. The van der Waals surface area contributed by atoms with E-state index in [2.05, 4.69) is 10.1 Å². The highest BCUT2D eigenvalue weighted by atomic mass is 35.5. The van der Waals surface area contributed by atoms with Crippen LogP contribution in [0.25, 0.3) is 4.96 Å². The first-order valence-electron chi connectivity index (χ1n) is 6.43. The van der Waals surface area contributed by atoms with Crippen LogP contribution in [0.15, 0.2) is 29.1 Å². The molecule has 3 aromatic rings. The number of nitrogens with zero attached hydrogens (tertiary/aromatic N) is 3. The third-order valence-electron chi connectivity index (χ3n) is 2.91. The number of hydrogen-bond acceptors (Lipinski definition) is 6. The van der Waals surface area contributed by atoms with Crippen LogP contribution in [0.3, 0.4) is 0 Å². The Morgan fingerprint density at radius 3 is 2.96 bits per heavy atom. The Balaban J connectivity index is 1.81. The molecule has 0 saturated carbocycles. The Bertz CT molecular complexity index is 968. The number of rotatable bonds is 3. The minimum absolute atomic E-state index is 0.0891. The molecule has 2 aromatic heterocycles. The summed E-state index contributed by atoms with van der Waals surface area (Å²) in [6.07, 6.45) is 0. The van der Waals surface area contributed by atoms with Crippen molar-refractivity contribution in [2.45, 2.75) is 13.5 Å². The SMILES string of the molecule is Cc1cc(=O)n2nc(COC(=O)c3cccc(Cl)c3Cl)sc2n1. The summed E-state index contributed by atoms with van der Waals surface area (Å²) >= 11 is 13.0. The molecule has 0 unspecified atom stereocenters. The number of hydrogen-bond donors (Lipinski definition) is 0. The van der Waals surface area contributed by atoms with Gasteiger partial charge in [0.15, 0.2) is 5.01 Å². The number of halogens is 2. The average molecular weight is 370 g/mol. The van der Waals surface area contributed by atoms with E-state index in [1.807, 2.05) is 0 Å². The maximum atomic E-state index is 12.1. The van der Waals surface area contributed by atoms with Crippen LogP contribution in [-0.4, -0.2) is 20.6 Å². The quantitative estimate of drug-likeness (QED) is 0.663. The standard InChI is InChI=1S/C14H9Cl2N3O3S/c1-7-5-11(20)19-14(17-7)23-10(18-19)6-22-13(21)8-3-2-4-9(15)12(8)16/h2-5H,6H2,1H3.